The maximum Gasteiger partial charge on any atom is 0.416 e. The fraction of sp³-hybridized carbons (Fsp3) is 0.389. The molecule has 0 saturated heterocycles. The number of carbonyl (C=O) groups is 1. The van der Waals surface area contributed by atoms with Crippen LogP contribution < -0.4 is 0 Å². The molecule has 3 rings (SSSR count). The summed E-state index contributed by atoms with van der Waals surface area (Å²) in [5.74, 6) is -1.98. The Morgan fingerprint density at radius 2 is 1.88 bits per heavy atom. The first-order valence-electron chi connectivity index (χ1n) is 7.99. The van der Waals surface area contributed by atoms with Crippen LogP contribution in [0.1, 0.15) is 35.2 Å². The average Bonchev–Trinajstić information content (AvgIpc) is 2.86. The zero-order valence-corrected chi connectivity index (χ0v) is 14.8. The van der Waals surface area contributed by atoms with Crippen LogP contribution in [-0.4, -0.2) is 28.6 Å². The topological polar surface area (TPSA) is 56.5 Å². The fourth-order valence-corrected chi connectivity index (χ4v) is 3.60. The van der Waals surface area contributed by atoms with Gasteiger partial charge in [0.05, 0.1) is 18.4 Å². The van der Waals surface area contributed by atoms with Gasteiger partial charge in [0, 0.05) is 24.2 Å². The van der Waals surface area contributed by atoms with Gasteiger partial charge in [0.15, 0.2) is 5.82 Å². The molecule has 2 aromatic rings. The Kier molecular flexibility index (Phi) is 4.37. The highest BCUT2D eigenvalue weighted by atomic mass is 19.4. The van der Waals surface area contributed by atoms with E-state index in [0.29, 0.717) is 22.8 Å². The lowest BCUT2D eigenvalue weighted by Gasteiger charge is -2.31. The molecule has 1 aromatic carbocycles. The number of ether oxygens (including phenoxy) is 1. The molecule has 2 unspecified atom stereocenters. The van der Waals surface area contributed by atoms with Crippen molar-refractivity contribution in [3.05, 3.63) is 46.6 Å². The van der Waals surface area contributed by atoms with Crippen molar-refractivity contribution in [1.29, 1.82) is 0 Å². The Balaban J connectivity index is 2.33. The molecule has 0 fully saturated rings. The van der Waals surface area contributed by atoms with E-state index in [9.17, 15) is 18.0 Å². The van der Waals surface area contributed by atoms with Crippen LogP contribution in [0.4, 0.5) is 19.0 Å². The summed E-state index contributed by atoms with van der Waals surface area (Å²) in [6.45, 7) is 3.32. The lowest BCUT2D eigenvalue weighted by molar-refractivity contribution is -0.144. The molecule has 0 spiro atoms. The smallest absolute Gasteiger partial charge is 0.416 e. The van der Waals surface area contributed by atoms with Crippen LogP contribution in [0, 0.1) is 12.8 Å². The number of aliphatic imine (C=N–C) groups is 1. The number of carbonyl (C=O) groups excluding carboxylic acids is 1. The summed E-state index contributed by atoms with van der Waals surface area (Å²) in [6, 6.07) is 5.29. The van der Waals surface area contributed by atoms with Gasteiger partial charge in [-0.05, 0) is 25.5 Å². The summed E-state index contributed by atoms with van der Waals surface area (Å²) in [6.07, 6.45) is -4.55. The number of benzene rings is 1. The van der Waals surface area contributed by atoms with Crippen LogP contribution in [0.5, 0.6) is 0 Å². The van der Waals surface area contributed by atoms with E-state index in [4.69, 9.17) is 4.74 Å². The van der Waals surface area contributed by atoms with Crippen LogP contribution in [-0.2, 0) is 22.8 Å². The maximum absolute atomic E-state index is 13.6. The van der Waals surface area contributed by atoms with Gasteiger partial charge in [0.2, 0.25) is 0 Å². The normalized spacial score (nSPS) is 19.7. The minimum atomic E-state index is -4.55. The molecule has 1 aromatic heterocycles. The van der Waals surface area contributed by atoms with Crippen molar-refractivity contribution < 1.29 is 22.7 Å². The highest BCUT2D eigenvalue weighted by molar-refractivity contribution is 6.05. The predicted octanol–water partition coefficient (Wildman–Crippen LogP) is 3.77. The van der Waals surface area contributed by atoms with Crippen molar-refractivity contribution in [3.8, 4) is 0 Å². The largest absolute Gasteiger partial charge is 0.468 e. The summed E-state index contributed by atoms with van der Waals surface area (Å²) in [5, 5.41) is 4.29. The zero-order chi connectivity index (χ0) is 19.2. The van der Waals surface area contributed by atoms with Crippen molar-refractivity contribution in [2.45, 2.75) is 25.9 Å². The summed E-state index contributed by atoms with van der Waals surface area (Å²) >= 11 is 0. The number of alkyl halides is 3. The van der Waals surface area contributed by atoms with Crippen molar-refractivity contribution in [3.63, 3.8) is 0 Å². The van der Waals surface area contributed by atoms with Gasteiger partial charge < -0.3 is 4.74 Å². The van der Waals surface area contributed by atoms with Crippen LogP contribution in [0.25, 0.3) is 0 Å². The van der Waals surface area contributed by atoms with Crippen LogP contribution >= 0.6 is 0 Å². The van der Waals surface area contributed by atoms with Gasteiger partial charge in [-0.1, -0.05) is 18.2 Å². The first-order valence-corrected chi connectivity index (χ1v) is 7.99. The number of aryl methyl sites for hydroxylation is 2. The molecule has 1 aliphatic rings. The Labute approximate surface area is 148 Å². The number of nitrogens with zero attached hydrogens (tertiary/aromatic N) is 3. The highest BCUT2D eigenvalue weighted by Crippen LogP contribution is 2.47. The van der Waals surface area contributed by atoms with Crippen LogP contribution in [0.3, 0.4) is 0 Å². The van der Waals surface area contributed by atoms with E-state index in [1.807, 2.05) is 0 Å². The lowest BCUT2D eigenvalue weighted by atomic mass is 9.75. The highest BCUT2D eigenvalue weighted by Gasteiger charge is 2.45. The number of esters is 1. The minimum absolute atomic E-state index is 0.0157. The third-order valence-electron chi connectivity index (χ3n) is 4.67. The van der Waals surface area contributed by atoms with Gasteiger partial charge in [-0.15, -0.1) is 0 Å². The van der Waals surface area contributed by atoms with Gasteiger partial charge in [-0.3, -0.25) is 9.48 Å². The fourth-order valence-electron chi connectivity index (χ4n) is 3.60. The predicted molar refractivity (Wildman–Crippen MR) is 89.5 cm³/mol. The van der Waals surface area contributed by atoms with Crippen LogP contribution in [0.2, 0.25) is 0 Å². The Hall–Kier alpha value is -2.64. The van der Waals surface area contributed by atoms with E-state index in [1.165, 1.54) is 30.0 Å². The van der Waals surface area contributed by atoms with E-state index in [0.717, 1.165) is 6.07 Å². The summed E-state index contributed by atoms with van der Waals surface area (Å²) in [4.78, 5) is 16.9. The quantitative estimate of drug-likeness (QED) is 0.761. The van der Waals surface area contributed by atoms with Gasteiger partial charge >= 0.3 is 12.1 Å². The monoisotopic (exact) mass is 365 g/mol. The molecule has 2 heterocycles. The molecule has 0 radical (unpaired) electrons. The molecule has 0 saturated carbocycles. The third-order valence-corrected chi connectivity index (χ3v) is 4.67. The van der Waals surface area contributed by atoms with Crippen molar-refractivity contribution in [2.75, 3.05) is 7.11 Å². The van der Waals surface area contributed by atoms with Crippen LogP contribution in [0.15, 0.2) is 29.3 Å². The molecule has 8 heteroatoms. The van der Waals surface area contributed by atoms with E-state index in [-0.39, 0.29) is 5.56 Å². The summed E-state index contributed by atoms with van der Waals surface area (Å²) < 4.78 is 47.3. The number of hydrogen-bond donors (Lipinski definition) is 0. The van der Waals surface area contributed by atoms with Gasteiger partial charge in [-0.25, -0.2) is 4.99 Å². The number of halogens is 3. The number of hydrogen-bond acceptors (Lipinski definition) is 4. The van der Waals surface area contributed by atoms with E-state index >= 15 is 0 Å². The number of aromatic nitrogens is 2. The molecular weight excluding hydrogens is 347 g/mol. The number of methoxy groups -OCH3 is 1. The van der Waals surface area contributed by atoms with Crippen molar-refractivity contribution in [2.24, 2.45) is 18.0 Å². The maximum atomic E-state index is 13.6. The molecular formula is C18H18F3N3O2. The second kappa shape index (κ2) is 6.26. The second-order valence-corrected chi connectivity index (χ2v) is 6.26. The summed E-state index contributed by atoms with van der Waals surface area (Å²) in [7, 11) is 2.89. The van der Waals surface area contributed by atoms with E-state index in [2.05, 4.69) is 10.1 Å². The number of fused-ring (bicyclic) bond motifs is 1. The summed E-state index contributed by atoms with van der Waals surface area (Å²) in [5.41, 5.74) is 0.693. The first kappa shape index (κ1) is 18.2. The third kappa shape index (κ3) is 2.79. The Morgan fingerprint density at radius 3 is 2.50 bits per heavy atom. The molecule has 2 atom stereocenters. The zero-order valence-electron chi connectivity index (χ0n) is 14.8. The second-order valence-electron chi connectivity index (χ2n) is 6.26. The lowest BCUT2D eigenvalue weighted by Crippen LogP contribution is -2.34. The van der Waals surface area contributed by atoms with Crippen molar-refractivity contribution in [1.82, 2.24) is 9.78 Å². The van der Waals surface area contributed by atoms with Gasteiger partial charge in [-0.2, -0.15) is 18.3 Å². The molecule has 0 bridgehead atoms. The van der Waals surface area contributed by atoms with Gasteiger partial charge in [0.25, 0.3) is 0 Å². The van der Waals surface area contributed by atoms with Crippen molar-refractivity contribution >= 4 is 17.5 Å². The average molecular weight is 365 g/mol. The standard InChI is InChI=1S/C18H18F3N3O2/c1-9-14(17(25)26-4)15(13-10(2)23-24(3)16(13)22-9)11-7-5-6-8-12(11)18(19,20)21/h5-8,14-15H,1-4H3. The SMILES string of the molecule is COC(=O)C1C(C)=Nc2c(c(C)nn2C)C1c1ccccc1C(F)(F)F. The molecule has 1 aliphatic heterocycles. The molecule has 0 aliphatic carbocycles. The first-order chi connectivity index (χ1) is 12.2. The van der Waals surface area contributed by atoms with E-state index < -0.39 is 29.5 Å². The molecule has 0 amide bonds. The van der Waals surface area contributed by atoms with E-state index in [1.54, 1.807) is 20.9 Å². The molecule has 0 N–H and O–H groups in total. The Morgan fingerprint density at radius 1 is 1.23 bits per heavy atom. The number of rotatable bonds is 2. The molecule has 5 nitrogen and oxygen atoms in total. The minimum Gasteiger partial charge on any atom is -0.468 e. The van der Waals surface area contributed by atoms with Gasteiger partial charge in [0.1, 0.15) is 5.92 Å². The Bertz CT molecular complexity index is 900. The molecule has 138 valence electrons. The molecule has 26 heavy (non-hydrogen) atoms.